The van der Waals surface area contributed by atoms with Crippen LogP contribution in [0.1, 0.15) is 11.4 Å². The van der Waals surface area contributed by atoms with Crippen molar-refractivity contribution in [2.75, 3.05) is 7.11 Å². The van der Waals surface area contributed by atoms with Gasteiger partial charge in [0.1, 0.15) is 11.6 Å². The van der Waals surface area contributed by atoms with Crippen LogP contribution in [0.15, 0.2) is 95.8 Å². The normalized spacial score (nSPS) is 18.5. The summed E-state index contributed by atoms with van der Waals surface area (Å²) in [5.41, 5.74) is 3.87. The minimum atomic E-state index is -0.486. The second-order valence-corrected chi connectivity index (χ2v) is 8.92. The lowest BCUT2D eigenvalue weighted by Gasteiger charge is -2.12. The molecule has 0 radical (unpaired) electrons. The van der Waals surface area contributed by atoms with Gasteiger partial charge < -0.3 is 20.4 Å². The highest BCUT2D eigenvalue weighted by molar-refractivity contribution is 8.12. The molecule has 1 aliphatic heterocycles. The van der Waals surface area contributed by atoms with Crippen LogP contribution in [0.25, 0.3) is 21.9 Å². The second kappa shape index (κ2) is 9.47. The maximum Gasteiger partial charge on any atom is 0.270 e. The quantitative estimate of drug-likeness (QED) is 0.317. The number of allylic oxidation sites excluding steroid dienone is 4. The molecule has 1 atom stereocenters. The third-order valence-electron chi connectivity index (χ3n) is 5.62. The summed E-state index contributed by atoms with van der Waals surface area (Å²) in [6, 6.07) is 17.7. The summed E-state index contributed by atoms with van der Waals surface area (Å²) in [5, 5.41) is 23.6. The standard InChI is InChI=1S/C26H21N5O3S/c1-34-20-11-8-17(9-12-20)24-25(26-28-15-22(29-26)16-5-3-2-4-6-16)35-23(30-24)13-18-7-10-19(31(32)33)14-21(18)27/h2-15,18,27,30H,1H3,(H,28,29). The van der Waals surface area contributed by atoms with Crippen LogP contribution in [0, 0.1) is 21.4 Å². The van der Waals surface area contributed by atoms with E-state index in [0.717, 1.165) is 44.0 Å². The topological polar surface area (TPSA) is 117 Å². The highest BCUT2D eigenvalue weighted by Crippen LogP contribution is 2.44. The van der Waals surface area contributed by atoms with Gasteiger partial charge in [-0.2, -0.15) is 0 Å². The number of methoxy groups -OCH3 is 1. The lowest BCUT2D eigenvalue weighted by atomic mass is 9.97. The Hall–Kier alpha value is -4.37. The van der Waals surface area contributed by atoms with Crippen molar-refractivity contribution in [3.63, 3.8) is 0 Å². The molecule has 2 heterocycles. The Balaban J connectivity index is 1.49. The van der Waals surface area contributed by atoms with Crippen molar-refractivity contribution in [1.82, 2.24) is 15.3 Å². The minimum Gasteiger partial charge on any atom is -0.497 e. The minimum absolute atomic E-state index is 0.0848. The first kappa shape index (κ1) is 22.4. The summed E-state index contributed by atoms with van der Waals surface area (Å²) in [7, 11) is 1.63. The highest BCUT2D eigenvalue weighted by Gasteiger charge is 2.27. The van der Waals surface area contributed by atoms with Crippen molar-refractivity contribution in [3.8, 4) is 17.0 Å². The van der Waals surface area contributed by atoms with Gasteiger partial charge in [-0.25, -0.2) is 4.98 Å². The van der Waals surface area contributed by atoms with Crippen molar-refractivity contribution in [1.29, 1.82) is 5.41 Å². The first-order valence-electron chi connectivity index (χ1n) is 10.8. The smallest absolute Gasteiger partial charge is 0.270 e. The number of thioether (sulfide) groups is 1. The maximum atomic E-state index is 11.0. The molecule has 0 spiro atoms. The Morgan fingerprint density at radius 3 is 2.60 bits per heavy atom. The van der Waals surface area contributed by atoms with Gasteiger partial charge in [-0.05, 0) is 41.5 Å². The molecule has 0 bridgehead atoms. The SMILES string of the molecule is COc1ccc(C2=C(c3ncc(-c4ccccc4)[nH]3)SC(=CC3C=CC([N+](=O)[O-])=CC3=N)N2)cc1. The molecule has 3 N–H and O–H groups in total. The number of benzene rings is 2. The molecule has 8 nitrogen and oxygen atoms in total. The van der Waals surface area contributed by atoms with Gasteiger partial charge in [0, 0.05) is 23.8 Å². The fourth-order valence-corrected chi connectivity index (χ4v) is 4.86. The molecule has 2 aliphatic rings. The third kappa shape index (κ3) is 4.67. The Bertz CT molecular complexity index is 1420. The third-order valence-corrected chi connectivity index (χ3v) is 6.68. The molecule has 2 aromatic carbocycles. The predicted molar refractivity (Wildman–Crippen MR) is 138 cm³/mol. The van der Waals surface area contributed by atoms with Gasteiger partial charge in [0.25, 0.3) is 5.70 Å². The monoisotopic (exact) mass is 483 g/mol. The van der Waals surface area contributed by atoms with Crippen LogP contribution in [0.5, 0.6) is 5.75 Å². The first-order chi connectivity index (χ1) is 17.0. The average Bonchev–Trinajstić information content (AvgIpc) is 3.53. The number of aromatic amines is 1. The number of nitrogens with zero attached hydrogens (tertiary/aromatic N) is 2. The fraction of sp³-hybridized carbons (Fsp3) is 0.0769. The average molecular weight is 484 g/mol. The van der Waals surface area contributed by atoms with Crippen molar-refractivity contribution in [2.24, 2.45) is 5.92 Å². The Morgan fingerprint density at radius 1 is 1.14 bits per heavy atom. The van der Waals surface area contributed by atoms with E-state index in [1.54, 1.807) is 13.2 Å². The fourth-order valence-electron chi connectivity index (χ4n) is 3.80. The van der Waals surface area contributed by atoms with Gasteiger partial charge in [0.05, 0.1) is 39.6 Å². The number of nitro groups is 1. The van der Waals surface area contributed by atoms with Crippen molar-refractivity contribution in [2.45, 2.75) is 0 Å². The Labute approximate surface area is 205 Å². The molecule has 0 saturated carbocycles. The number of nitrogens with one attached hydrogen (secondary N) is 3. The van der Waals surface area contributed by atoms with Gasteiger partial charge in [-0.15, -0.1) is 0 Å². The van der Waals surface area contributed by atoms with Gasteiger partial charge in [0.15, 0.2) is 0 Å². The largest absolute Gasteiger partial charge is 0.497 e. The zero-order chi connectivity index (χ0) is 24.4. The molecule has 9 heteroatoms. The molecule has 5 rings (SSSR count). The van der Waals surface area contributed by atoms with Crippen LogP contribution in [0.2, 0.25) is 0 Å². The molecular formula is C26H21N5O3S. The molecule has 174 valence electrons. The summed E-state index contributed by atoms with van der Waals surface area (Å²) in [6.45, 7) is 0. The number of ether oxygens (including phenoxy) is 1. The van der Waals surface area contributed by atoms with Gasteiger partial charge in [0.2, 0.25) is 0 Å². The van der Waals surface area contributed by atoms with E-state index in [1.807, 2.05) is 66.9 Å². The van der Waals surface area contributed by atoms with E-state index in [0.29, 0.717) is 0 Å². The van der Waals surface area contributed by atoms with E-state index in [2.05, 4.69) is 15.3 Å². The van der Waals surface area contributed by atoms with E-state index in [9.17, 15) is 10.1 Å². The number of aromatic nitrogens is 2. The van der Waals surface area contributed by atoms with Crippen LogP contribution in [-0.2, 0) is 0 Å². The van der Waals surface area contributed by atoms with Gasteiger partial charge in [-0.3, -0.25) is 10.1 Å². The molecule has 0 amide bonds. The van der Waals surface area contributed by atoms with E-state index in [4.69, 9.17) is 10.1 Å². The van der Waals surface area contributed by atoms with Gasteiger partial charge >= 0.3 is 0 Å². The van der Waals surface area contributed by atoms with Crippen LogP contribution in [-0.4, -0.2) is 27.7 Å². The lowest BCUT2D eigenvalue weighted by molar-refractivity contribution is -0.419. The molecule has 3 aromatic rings. The molecular weight excluding hydrogens is 462 g/mol. The van der Waals surface area contributed by atoms with Crippen molar-refractivity contribution < 1.29 is 9.66 Å². The van der Waals surface area contributed by atoms with Crippen molar-refractivity contribution in [3.05, 3.63) is 117 Å². The molecule has 0 fully saturated rings. The van der Waals surface area contributed by atoms with Gasteiger partial charge in [-0.1, -0.05) is 48.2 Å². The molecule has 1 aliphatic carbocycles. The number of hydrogen-bond acceptors (Lipinski definition) is 7. The van der Waals surface area contributed by atoms with E-state index in [1.165, 1.54) is 23.9 Å². The zero-order valence-electron chi connectivity index (χ0n) is 18.7. The number of rotatable bonds is 6. The molecule has 0 saturated heterocycles. The summed E-state index contributed by atoms with van der Waals surface area (Å²) in [6.07, 6.45) is 8.11. The highest BCUT2D eigenvalue weighted by atomic mass is 32.2. The first-order valence-corrected chi connectivity index (χ1v) is 11.6. The van der Waals surface area contributed by atoms with E-state index >= 15 is 0 Å². The maximum absolute atomic E-state index is 11.0. The molecule has 1 unspecified atom stereocenters. The van der Waals surface area contributed by atoms with Crippen LogP contribution >= 0.6 is 11.8 Å². The summed E-state index contributed by atoms with van der Waals surface area (Å²) < 4.78 is 5.30. The predicted octanol–water partition coefficient (Wildman–Crippen LogP) is 5.46. The summed E-state index contributed by atoms with van der Waals surface area (Å²) in [5.74, 6) is 1.11. The van der Waals surface area contributed by atoms with Crippen molar-refractivity contribution >= 4 is 28.1 Å². The summed E-state index contributed by atoms with van der Waals surface area (Å²) >= 11 is 1.51. The number of imidazole rings is 1. The zero-order valence-corrected chi connectivity index (χ0v) is 19.5. The number of H-pyrrole nitrogens is 1. The van der Waals surface area contributed by atoms with E-state index < -0.39 is 4.92 Å². The number of hydrogen-bond donors (Lipinski definition) is 3. The van der Waals surface area contributed by atoms with Crippen LogP contribution < -0.4 is 10.1 Å². The summed E-state index contributed by atoms with van der Waals surface area (Å²) in [4.78, 5) is 19.5. The lowest BCUT2D eigenvalue weighted by Crippen LogP contribution is -2.15. The van der Waals surface area contributed by atoms with Crippen LogP contribution in [0.4, 0.5) is 0 Å². The Morgan fingerprint density at radius 2 is 1.91 bits per heavy atom. The Kier molecular flexibility index (Phi) is 6.07. The van der Waals surface area contributed by atoms with E-state index in [-0.39, 0.29) is 17.3 Å². The molecule has 35 heavy (non-hydrogen) atoms. The van der Waals surface area contributed by atoms with Crippen LogP contribution in [0.3, 0.4) is 0 Å². The second-order valence-electron chi connectivity index (χ2n) is 7.87. The molecule has 1 aromatic heterocycles.